The highest BCUT2D eigenvalue weighted by Gasteiger charge is 2.24. The fourth-order valence-corrected chi connectivity index (χ4v) is 3.67. The number of hydrogen-bond acceptors (Lipinski definition) is 2. The quantitative estimate of drug-likeness (QED) is 0.855. The van der Waals surface area contributed by atoms with E-state index in [1.54, 1.807) is 12.1 Å². The van der Waals surface area contributed by atoms with Crippen LogP contribution in [0.3, 0.4) is 0 Å². The lowest BCUT2D eigenvalue weighted by atomic mass is 10.2. The highest BCUT2D eigenvalue weighted by Crippen LogP contribution is 2.30. The minimum absolute atomic E-state index is 0.0186. The van der Waals surface area contributed by atoms with E-state index >= 15 is 0 Å². The van der Waals surface area contributed by atoms with Crippen molar-refractivity contribution in [3.63, 3.8) is 0 Å². The van der Waals surface area contributed by atoms with Gasteiger partial charge in [0.2, 0.25) is 10.0 Å². The fraction of sp³-hybridized carbons (Fsp3) is 0.143. The van der Waals surface area contributed by atoms with Gasteiger partial charge in [-0.3, -0.25) is 0 Å². The van der Waals surface area contributed by atoms with Crippen molar-refractivity contribution in [3.05, 3.63) is 64.1 Å². The van der Waals surface area contributed by atoms with Crippen LogP contribution in [0.15, 0.2) is 53.4 Å². The van der Waals surface area contributed by atoms with Crippen LogP contribution < -0.4 is 0 Å². The van der Waals surface area contributed by atoms with Crippen LogP contribution in [-0.2, 0) is 16.6 Å². The van der Waals surface area contributed by atoms with Crippen molar-refractivity contribution < 1.29 is 8.42 Å². The van der Waals surface area contributed by atoms with Crippen LogP contribution in [-0.4, -0.2) is 19.8 Å². The van der Waals surface area contributed by atoms with Crippen LogP contribution in [0.1, 0.15) is 5.56 Å². The molecule has 0 saturated carbocycles. The van der Waals surface area contributed by atoms with Crippen molar-refractivity contribution in [3.8, 4) is 0 Å². The summed E-state index contributed by atoms with van der Waals surface area (Å²) in [7, 11) is -2.16. The molecule has 6 heteroatoms. The van der Waals surface area contributed by atoms with Crippen LogP contribution in [0, 0.1) is 0 Å². The molecular formula is C14H13Cl2NO2S. The Hall–Kier alpha value is -1.07. The lowest BCUT2D eigenvalue weighted by molar-refractivity contribution is 0.467. The molecule has 0 radical (unpaired) electrons. The maximum atomic E-state index is 12.5. The Bertz CT molecular complexity index is 702. The Labute approximate surface area is 128 Å². The first-order chi connectivity index (χ1) is 9.43. The molecule has 0 aliphatic heterocycles. The molecule has 2 aromatic carbocycles. The molecule has 0 aliphatic rings. The second kappa shape index (κ2) is 6.14. The first-order valence-electron chi connectivity index (χ1n) is 5.87. The Balaban J connectivity index is 2.33. The highest BCUT2D eigenvalue weighted by atomic mass is 35.5. The summed E-state index contributed by atoms with van der Waals surface area (Å²) in [6.07, 6.45) is 0. The van der Waals surface area contributed by atoms with Crippen LogP contribution in [0.25, 0.3) is 0 Å². The van der Waals surface area contributed by atoms with Gasteiger partial charge in [0.15, 0.2) is 0 Å². The molecule has 0 amide bonds. The molecule has 2 aromatic rings. The molecule has 0 aromatic heterocycles. The van der Waals surface area contributed by atoms with Crippen LogP contribution in [0.4, 0.5) is 0 Å². The third-order valence-corrected chi connectivity index (χ3v) is 5.63. The monoisotopic (exact) mass is 329 g/mol. The van der Waals surface area contributed by atoms with E-state index in [0.717, 1.165) is 5.56 Å². The van der Waals surface area contributed by atoms with Gasteiger partial charge < -0.3 is 0 Å². The summed E-state index contributed by atoms with van der Waals surface area (Å²) >= 11 is 11.9. The molecule has 106 valence electrons. The van der Waals surface area contributed by atoms with Gasteiger partial charge in [0.25, 0.3) is 0 Å². The molecule has 0 N–H and O–H groups in total. The van der Waals surface area contributed by atoms with Crippen molar-refractivity contribution >= 4 is 33.2 Å². The van der Waals surface area contributed by atoms with Crippen molar-refractivity contribution in [2.45, 2.75) is 11.4 Å². The van der Waals surface area contributed by atoms with E-state index in [1.165, 1.54) is 17.4 Å². The minimum atomic E-state index is -3.67. The molecule has 2 rings (SSSR count). The van der Waals surface area contributed by atoms with Gasteiger partial charge >= 0.3 is 0 Å². The Morgan fingerprint density at radius 2 is 1.65 bits per heavy atom. The predicted octanol–water partition coefficient (Wildman–Crippen LogP) is 3.81. The van der Waals surface area contributed by atoms with E-state index in [4.69, 9.17) is 23.2 Å². The molecule has 3 nitrogen and oxygen atoms in total. The van der Waals surface area contributed by atoms with E-state index in [-0.39, 0.29) is 21.5 Å². The van der Waals surface area contributed by atoms with Gasteiger partial charge in [-0.2, -0.15) is 4.31 Å². The Kier molecular flexibility index (Phi) is 4.70. The molecule has 0 atom stereocenters. The van der Waals surface area contributed by atoms with Gasteiger partial charge in [0.05, 0.1) is 10.0 Å². The summed E-state index contributed by atoms with van der Waals surface area (Å²) in [5.41, 5.74) is 0.900. The number of halogens is 2. The largest absolute Gasteiger partial charge is 0.244 e. The van der Waals surface area contributed by atoms with Gasteiger partial charge in [-0.05, 0) is 17.7 Å². The lowest BCUT2D eigenvalue weighted by Gasteiger charge is -2.18. The van der Waals surface area contributed by atoms with Crippen LogP contribution in [0.5, 0.6) is 0 Å². The van der Waals surface area contributed by atoms with Crippen molar-refractivity contribution in [1.29, 1.82) is 0 Å². The van der Waals surface area contributed by atoms with E-state index in [2.05, 4.69) is 0 Å². The maximum Gasteiger partial charge on any atom is 0.244 e. The second-order valence-corrected chi connectivity index (χ2v) is 7.10. The van der Waals surface area contributed by atoms with Gasteiger partial charge in [-0.25, -0.2) is 8.42 Å². The van der Waals surface area contributed by atoms with E-state index in [0.29, 0.717) is 0 Å². The second-order valence-electron chi connectivity index (χ2n) is 4.30. The number of sulfonamides is 1. The zero-order valence-corrected chi connectivity index (χ0v) is 13.1. The average Bonchev–Trinajstić information content (AvgIpc) is 2.42. The molecular weight excluding hydrogens is 317 g/mol. The molecule has 0 heterocycles. The van der Waals surface area contributed by atoms with Gasteiger partial charge in [0.1, 0.15) is 4.90 Å². The zero-order valence-electron chi connectivity index (χ0n) is 10.8. The van der Waals surface area contributed by atoms with Crippen LogP contribution in [0.2, 0.25) is 10.0 Å². The van der Waals surface area contributed by atoms with Gasteiger partial charge in [-0.15, -0.1) is 0 Å². The van der Waals surface area contributed by atoms with E-state index < -0.39 is 10.0 Å². The topological polar surface area (TPSA) is 37.4 Å². The first-order valence-corrected chi connectivity index (χ1v) is 8.07. The van der Waals surface area contributed by atoms with E-state index in [9.17, 15) is 8.42 Å². The number of benzene rings is 2. The normalized spacial score (nSPS) is 11.8. The first kappa shape index (κ1) is 15.3. The number of nitrogens with zero attached hydrogens (tertiary/aromatic N) is 1. The SMILES string of the molecule is CN(Cc1ccccc1)S(=O)(=O)c1cccc(Cl)c1Cl. The highest BCUT2D eigenvalue weighted by molar-refractivity contribution is 7.89. The summed E-state index contributed by atoms with van der Waals surface area (Å²) in [6.45, 7) is 0.270. The molecule has 20 heavy (non-hydrogen) atoms. The van der Waals surface area contributed by atoms with Crippen molar-refractivity contribution in [2.24, 2.45) is 0 Å². The zero-order chi connectivity index (χ0) is 14.8. The molecule has 0 fully saturated rings. The summed E-state index contributed by atoms with van der Waals surface area (Å²) in [6, 6.07) is 13.9. The van der Waals surface area contributed by atoms with Crippen LogP contribution >= 0.6 is 23.2 Å². The summed E-state index contributed by atoms with van der Waals surface area (Å²) in [4.78, 5) is 0.0186. The van der Waals surface area contributed by atoms with E-state index in [1.807, 2.05) is 30.3 Å². The smallest absolute Gasteiger partial charge is 0.207 e. The predicted molar refractivity (Wildman–Crippen MR) is 81.6 cm³/mol. The maximum absolute atomic E-state index is 12.5. The summed E-state index contributed by atoms with van der Waals surface area (Å²) in [5.74, 6) is 0. The Morgan fingerprint density at radius 3 is 2.30 bits per heavy atom. The minimum Gasteiger partial charge on any atom is -0.207 e. The number of hydrogen-bond donors (Lipinski definition) is 0. The molecule has 0 bridgehead atoms. The van der Waals surface area contributed by atoms with Crippen molar-refractivity contribution in [1.82, 2.24) is 4.31 Å². The van der Waals surface area contributed by atoms with Gasteiger partial charge in [0, 0.05) is 13.6 Å². The van der Waals surface area contributed by atoms with Gasteiger partial charge in [-0.1, -0.05) is 59.6 Å². The molecule has 0 spiro atoms. The molecule has 0 unspecified atom stereocenters. The molecule has 0 aliphatic carbocycles. The summed E-state index contributed by atoms with van der Waals surface area (Å²) in [5, 5.41) is 0.273. The average molecular weight is 330 g/mol. The fourth-order valence-electron chi connectivity index (χ4n) is 1.78. The lowest BCUT2D eigenvalue weighted by Crippen LogP contribution is -2.26. The molecule has 0 saturated heterocycles. The van der Waals surface area contributed by atoms with Crippen molar-refractivity contribution in [2.75, 3.05) is 7.05 Å². The standard InChI is InChI=1S/C14H13Cl2NO2S/c1-17(10-11-6-3-2-4-7-11)20(18,19)13-9-5-8-12(15)14(13)16/h2-9H,10H2,1H3. The Morgan fingerprint density at radius 1 is 1.00 bits per heavy atom. The third kappa shape index (κ3) is 3.15. The third-order valence-electron chi connectivity index (χ3n) is 2.85. The number of rotatable bonds is 4. The summed E-state index contributed by atoms with van der Waals surface area (Å²) < 4.78 is 26.2.